The normalized spacial score (nSPS) is 17.8. The number of ether oxygens (including phenoxy) is 2. The first-order chi connectivity index (χ1) is 9.63. The van der Waals surface area contributed by atoms with Crippen LogP contribution in [0.3, 0.4) is 0 Å². The molecule has 1 N–H and O–H groups in total. The summed E-state index contributed by atoms with van der Waals surface area (Å²) in [5.74, 6) is 0.999. The Bertz CT molecular complexity index is 706. The molecule has 4 heteroatoms. The van der Waals surface area contributed by atoms with Crippen LogP contribution in [-0.4, -0.2) is 25.4 Å². The summed E-state index contributed by atoms with van der Waals surface area (Å²) in [5.41, 5.74) is 2.02. The van der Waals surface area contributed by atoms with E-state index < -0.39 is 0 Å². The Hall–Kier alpha value is -1.71. The molecule has 0 saturated heterocycles. The third-order valence-electron chi connectivity index (χ3n) is 3.69. The highest BCUT2D eigenvalue weighted by molar-refractivity contribution is 6.31. The number of halogens is 1. The molecule has 0 aliphatic heterocycles. The van der Waals surface area contributed by atoms with Crippen molar-refractivity contribution in [2.45, 2.75) is 12.5 Å². The fourth-order valence-electron chi connectivity index (χ4n) is 2.74. The van der Waals surface area contributed by atoms with Gasteiger partial charge in [-0.2, -0.15) is 0 Å². The second kappa shape index (κ2) is 5.00. The van der Waals surface area contributed by atoms with Crippen LogP contribution in [0, 0.1) is 0 Å². The molecule has 1 aliphatic carbocycles. The number of aromatic hydroxyl groups is 1. The van der Waals surface area contributed by atoms with Crippen LogP contribution in [0.5, 0.6) is 5.75 Å². The zero-order valence-corrected chi connectivity index (χ0v) is 12.1. The first kappa shape index (κ1) is 13.3. The third-order valence-corrected chi connectivity index (χ3v) is 3.92. The molecule has 1 atom stereocenters. The number of phenols is 1. The molecule has 0 bridgehead atoms. The molecule has 20 heavy (non-hydrogen) atoms. The van der Waals surface area contributed by atoms with Crippen molar-refractivity contribution in [3.8, 4) is 5.75 Å². The standard InChI is InChI=1S/C16H15ClO3/c1-19-11-5-9-6-14(18)13-7-10(17)3-4-12(13)16(9)15(8-11)20-2/h3-4,6-8,11,18H,5H2,1-2H3. The molecule has 0 aromatic heterocycles. The van der Waals surface area contributed by atoms with E-state index in [9.17, 15) is 5.11 Å². The Morgan fingerprint density at radius 3 is 2.70 bits per heavy atom. The number of benzene rings is 2. The van der Waals surface area contributed by atoms with E-state index in [4.69, 9.17) is 21.1 Å². The van der Waals surface area contributed by atoms with E-state index in [1.807, 2.05) is 18.2 Å². The van der Waals surface area contributed by atoms with Crippen LogP contribution in [0.15, 0.2) is 30.3 Å². The zero-order valence-electron chi connectivity index (χ0n) is 11.3. The molecule has 0 saturated carbocycles. The van der Waals surface area contributed by atoms with Crippen molar-refractivity contribution < 1.29 is 14.6 Å². The van der Waals surface area contributed by atoms with Gasteiger partial charge in [-0.05, 0) is 35.2 Å². The predicted molar refractivity (Wildman–Crippen MR) is 80.1 cm³/mol. The van der Waals surface area contributed by atoms with E-state index in [1.165, 1.54) is 0 Å². The van der Waals surface area contributed by atoms with Gasteiger partial charge in [0.25, 0.3) is 0 Å². The first-order valence-corrected chi connectivity index (χ1v) is 6.75. The van der Waals surface area contributed by atoms with Crippen LogP contribution in [0.2, 0.25) is 5.02 Å². The maximum Gasteiger partial charge on any atom is 0.125 e. The molecule has 0 fully saturated rings. The van der Waals surface area contributed by atoms with Gasteiger partial charge in [0.15, 0.2) is 0 Å². The predicted octanol–water partition coefficient (Wildman–Crippen LogP) is 3.76. The molecule has 104 valence electrons. The minimum absolute atomic E-state index is 0.0402. The summed E-state index contributed by atoms with van der Waals surface area (Å²) in [6.07, 6.45) is 2.64. The molecule has 1 aliphatic rings. The maximum atomic E-state index is 10.2. The molecule has 1 unspecified atom stereocenters. The van der Waals surface area contributed by atoms with E-state index >= 15 is 0 Å². The molecule has 0 heterocycles. The SMILES string of the molecule is COC1=CC(OC)Cc2cc(O)c3cc(Cl)ccc3c21. The van der Waals surface area contributed by atoms with Crippen LogP contribution in [0.25, 0.3) is 16.5 Å². The highest BCUT2D eigenvalue weighted by Gasteiger charge is 2.23. The van der Waals surface area contributed by atoms with E-state index in [2.05, 4.69) is 0 Å². The fourth-order valence-corrected chi connectivity index (χ4v) is 2.91. The van der Waals surface area contributed by atoms with Gasteiger partial charge in [0, 0.05) is 29.5 Å². The Kier molecular flexibility index (Phi) is 3.32. The fraction of sp³-hybridized carbons (Fsp3) is 0.250. The number of phenolic OH excluding ortho intramolecular Hbond substituents is 1. The summed E-state index contributed by atoms with van der Waals surface area (Å²) in [4.78, 5) is 0. The van der Waals surface area contributed by atoms with Gasteiger partial charge in [-0.1, -0.05) is 17.7 Å². The van der Waals surface area contributed by atoms with Crippen molar-refractivity contribution in [3.05, 3.63) is 46.5 Å². The average molecular weight is 291 g/mol. The largest absolute Gasteiger partial charge is 0.507 e. The lowest BCUT2D eigenvalue weighted by atomic mass is 9.89. The molecule has 0 radical (unpaired) electrons. The number of rotatable bonds is 2. The van der Waals surface area contributed by atoms with Crippen molar-refractivity contribution in [3.63, 3.8) is 0 Å². The summed E-state index contributed by atoms with van der Waals surface area (Å²) >= 11 is 6.01. The van der Waals surface area contributed by atoms with Crippen LogP contribution in [0.1, 0.15) is 11.1 Å². The average Bonchev–Trinajstić information content (AvgIpc) is 2.46. The third kappa shape index (κ3) is 2.03. The maximum absolute atomic E-state index is 10.2. The van der Waals surface area contributed by atoms with Crippen molar-refractivity contribution in [2.75, 3.05) is 14.2 Å². The summed E-state index contributed by atoms with van der Waals surface area (Å²) in [7, 11) is 3.31. The zero-order chi connectivity index (χ0) is 14.3. The molecular weight excluding hydrogens is 276 g/mol. The van der Waals surface area contributed by atoms with Crippen molar-refractivity contribution >= 4 is 28.1 Å². The molecule has 2 aromatic carbocycles. The van der Waals surface area contributed by atoms with Gasteiger partial charge in [0.2, 0.25) is 0 Å². The Morgan fingerprint density at radius 2 is 2.00 bits per heavy atom. The summed E-state index contributed by atoms with van der Waals surface area (Å²) < 4.78 is 10.9. The molecule has 2 aromatic rings. The first-order valence-electron chi connectivity index (χ1n) is 6.37. The van der Waals surface area contributed by atoms with Crippen molar-refractivity contribution in [2.24, 2.45) is 0 Å². The number of methoxy groups -OCH3 is 2. The van der Waals surface area contributed by atoms with Gasteiger partial charge in [-0.3, -0.25) is 0 Å². The lowest BCUT2D eigenvalue weighted by Crippen LogP contribution is -2.18. The van der Waals surface area contributed by atoms with Gasteiger partial charge < -0.3 is 14.6 Å². The van der Waals surface area contributed by atoms with Gasteiger partial charge in [-0.15, -0.1) is 0 Å². The van der Waals surface area contributed by atoms with E-state index in [1.54, 1.807) is 26.4 Å². The highest BCUT2D eigenvalue weighted by Crippen LogP contribution is 2.39. The Labute approximate surface area is 122 Å². The highest BCUT2D eigenvalue weighted by atomic mass is 35.5. The van der Waals surface area contributed by atoms with E-state index in [-0.39, 0.29) is 11.9 Å². The smallest absolute Gasteiger partial charge is 0.125 e. The second-order valence-corrected chi connectivity index (χ2v) is 5.27. The molecule has 0 spiro atoms. The summed E-state index contributed by atoms with van der Waals surface area (Å²) in [6, 6.07) is 7.27. The van der Waals surface area contributed by atoms with Gasteiger partial charge >= 0.3 is 0 Å². The van der Waals surface area contributed by atoms with Crippen LogP contribution in [-0.2, 0) is 15.9 Å². The topological polar surface area (TPSA) is 38.7 Å². The molecule has 3 nitrogen and oxygen atoms in total. The van der Waals surface area contributed by atoms with E-state index in [0.29, 0.717) is 11.4 Å². The quantitative estimate of drug-likeness (QED) is 0.915. The van der Waals surface area contributed by atoms with Crippen molar-refractivity contribution in [1.82, 2.24) is 0 Å². The minimum atomic E-state index is -0.0402. The number of hydrogen-bond acceptors (Lipinski definition) is 3. The monoisotopic (exact) mass is 290 g/mol. The lowest BCUT2D eigenvalue weighted by molar-refractivity contribution is 0.138. The Morgan fingerprint density at radius 1 is 1.20 bits per heavy atom. The van der Waals surface area contributed by atoms with Gasteiger partial charge in [0.05, 0.1) is 13.2 Å². The summed E-state index contributed by atoms with van der Waals surface area (Å²) in [5, 5.41) is 12.5. The Balaban J connectivity index is 2.32. The number of hydrogen-bond donors (Lipinski definition) is 1. The van der Waals surface area contributed by atoms with Crippen LogP contribution < -0.4 is 0 Å². The number of fused-ring (bicyclic) bond motifs is 3. The molecular formula is C16H15ClO3. The molecule has 0 amide bonds. The van der Waals surface area contributed by atoms with Gasteiger partial charge in [-0.25, -0.2) is 0 Å². The second-order valence-electron chi connectivity index (χ2n) is 4.83. The lowest BCUT2D eigenvalue weighted by Gasteiger charge is -2.24. The van der Waals surface area contributed by atoms with Gasteiger partial charge in [0.1, 0.15) is 11.5 Å². The van der Waals surface area contributed by atoms with Crippen LogP contribution in [0.4, 0.5) is 0 Å². The summed E-state index contributed by atoms with van der Waals surface area (Å²) in [6.45, 7) is 0. The minimum Gasteiger partial charge on any atom is -0.507 e. The van der Waals surface area contributed by atoms with E-state index in [0.717, 1.165) is 27.7 Å². The van der Waals surface area contributed by atoms with Crippen LogP contribution >= 0.6 is 11.6 Å². The van der Waals surface area contributed by atoms with Crippen molar-refractivity contribution in [1.29, 1.82) is 0 Å². The molecule has 3 rings (SSSR count).